The molecule has 82 valence electrons. The molecule has 0 aromatic rings. The third kappa shape index (κ3) is 2.46. The Bertz CT molecular complexity index is 354. The fourth-order valence-corrected chi connectivity index (χ4v) is 1.37. The van der Waals surface area contributed by atoms with E-state index >= 15 is 0 Å². The first-order valence-corrected chi connectivity index (χ1v) is 4.94. The molecule has 1 aliphatic carbocycles. The Morgan fingerprint density at radius 3 is 2.33 bits per heavy atom. The lowest BCUT2D eigenvalue weighted by Gasteiger charge is -2.26. The van der Waals surface area contributed by atoms with Crippen LogP contribution >= 0.6 is 0 Å². The first kappa shape index (κ1) is 11.5. The van der Waals surface area contributed by atoms with Gasteiger partial charge in [-0.05, 0) is 20.3 Å². The third-order valence-corrected chi connectivity index (χ3v) is 2.20. The van der Waals surface area contributed by atoms with E-state index in [0.717, 1.165) is 12.0 Å². The van der Waals surface area contributed by atoms with Crippen LogP contribution in [0.25, 0.3) is 0 Å². The molecule has 0 radical (unpaired) electrons. The number of rotatable bonds is 4. The zero-order valence-corrected chi connectivity index (χ0v) is 9.28. The largest absolute Gasteiger partial charge is 0.403 e. The van der Waals surface area contributed by atoms with Gasteiger partial charge in [-0.2, -0.15) is 0 Å². The predicted molar refractivity (Wildman–Crippen MR) is 57.6 cm³/mol. The highest BCUT2D eigenvalue weighted by atomic mass is 16.2. The molecule has 2 N–H and O–H groups in total. The molecule has 0 saturated carbocycles. The lowest BCUT2D eigenvalue weighted by atomic mass is 10.2. The quantitative estimate of drug-likeness (QED) is 0.699. The van der Waals surface area contributed by atoms with Crippen LogP contribution in [0.1, 0.15) is 27.2 Å². The first-order valence-electron chi connectivity index (χ1n) is 4.94. The maximum absolute atomic E-state index is 11.9. The molecule has 0 unspecified atom stereocenters. The fraction of sp³-hybridized carbons (Fsp3) is 0.455. The van der Waals surface area contributed by atoms with Crippen LogP contribution < -0.4 is 5.73 Å². The van der Waals surface area contributed by atoms with Gasteiger partial charge in [-0.15, -0.1) is 0 Å². The Morgan fingerprint density at radius 1 is 1.53 bits per heavy atom. The molecular weight excluding hydrogens is 192 g/mol. The summed E-state index contributed by atoms with van der Waals surface area (Å²) in [4.78, 5) is 24.6. The molecule has 0 saturated heterocycles. The normalized spacial score (nSPS) is 14.9. The van der Waals surface area contributed by atoms with Gasteiger partial charge in [0.1, 0.15) is 5.70 Å². The molecule has 0 aliphatic heterocycles. The SMILES string of the molecule is CC(=O)/C(=C/N)N(C(=O)C1=CC1)C(C)C. The summed E-state index contributed by atoms with van der Waals surface area (Å²) >= 11 is 0. The van der Waals surface area contributed by atoms with E-state index < -0.39 is 0 Å². The van der Waals surface area contributed by atoms with Crippen molar-refractivity contribution in [1.82, 2.24) is 4.90 Å². The highest BCUT2D eigenvalue weighted by Gasteiger charge is 2.29. The van der Waals surface area contributed by atoms with Crippen molar-refractivity contribution < 1.29 is 9.59 Å². The molecule has 1 rings (SSSR count). The van der Waals surface area contributed by atoms with Crippen molar-refractivity contribution in [2.45, 2.75) is 33.2 Å². The van der Waals surface area contributed by atoms with Crippen molar-refractivity contribution >= 4 is 11.7 Å². The van der Waals surface area contributed by atoms with Crippen molar-refractivity contribution in [3.8, 4) is 0 Å². The van der Waals surface area contributed by atoms with Crippen LogP contribution in [-0.2, 0) is 9.59 Å². The maximum atomic E-state index is 11.9. The Labute approximate surface area is 89.4 Å². The van der Waals surface area contributed by atoms with E-state index in [1.54, 1.807) is 0 Å². The molecule has 1 amide bonds. The summed E-state index contributed by atoms with van der Waals surface area (Å²) in [7, 11) is 0. The van der Waals surface area contributed by atoms with Gasteiger partial charge in [0.05, 0.1) is 0 Å². The minimum atomic E-state index is -0.194. The average Bonchev–Trinajstić information content (AvgIpc) is 2.94. The van der Waals surface area contributed by atoms with E-state index in [1.165, 1.54) is 18.0 Å². The van der Waals surface area contributed by atoms with Crippen LogP contribution in [0.2, 0.25) is 0 Å². The van der Waals surface area contributed by atoms with Gasteiger partial charge in [0, 0.05) is 24.7 Å². The van der Waals surface area contributed by atoms with Crippen molar-refractivity contribution in [2.24, 2.45) is 5.73 Å². The lowest BCUT2D eigenvalue weighted by Crippen LogP contribution is -2.38. The third-order valence-electron chi connectivity index (χ3n) is 2.20. The van der Waals surface area contributed by atoms with Crippen LogP contribution in [0.3, 0.4) is 0 Å². The van der Waals surface area contributed by atoms with Gasteiger partial charge < -0.3 is 10.6 Å². The average molecular weight is 208 g/mol. The number of hydrogen-bond donors (Lipinski definition) is 1. The molecular formula is C11H16N2O2. The molecule has 0 spiro atoms. The molecule has 0 aromatic heterocycles. The number of nitrogens with two attached hydrogens (primary N) is 1. The standard InChI is InChI=1S/C11H16N2O2/c1-7(2)13(10(6-12)8(3)14)11(15)9-4-5-9/h4,6-7H,5,12H2,1-3H3/b10-6-. The van der Waals surface area contributed by atoms with Crippen molar-refractivity contribution in [3.05, 3.63) is 23.5 Å². The van der Waals surface area contributed by atoms with Gasteiger partial charge in [0.2, 0.25) is 0 Å². The molecule has 15 heavy (non-hydrogen) atoms. The van der Waals surface area contributed by atoms with E-state index in [4.69, 9.17) is 5.73 Å². The van der Waals surface area contributed by atoms with Gasteiger partial charge in [-0.3, -0.25) is 9.59 Å². The second-order valence-corrected chi connectivity index (χ2v) is 3.81. The van der Waals surface area contributed by atoms with Gasteiger partial charge in [-0.25, -0.2) is 0 Å². The highest BCUT2D eigenvalue weighted by Crippen LogP contribution is 2.24. The molecule has 4 nitrogen and oxygen atoms in total. The summed E-state index contributed by atoms with van der Waals surface area (Å²) < 4.78 is 0. The van der Waals surface area contributed by atoms with Crippen LogP contribution in [0.4, 0.5) is 0 Å². The highest BCUT2D eigenvalue weighted by molar-refractivity contribution is 6.04. The summed E-state index contributed by atoms with van der Waals surface area (Å²) in [6, 6.07) is -0.0716. The number of carbonyl (C=O) groups excluding carboxylic acids is 2. The van der Waals surface area contributed by atoms with Crippen LogP contribution in [0, 0.1) is 0 Å². The van der Waals surface area contributed by atoms with Gasteiger partial charge in [-0.1, -0.05) is 6.08 Å². The number of allylic oxidation sites excluding steroid dienone is 2. The van der Waals surface area contributed by atoms with E-state index in [0.29, 0.717) is 0 Å². The summed E-state index contributed by atoms with van der Waals surface area (Å²) in [5, 5.41) is 0. The monoisotopic (exact) mass is 208 g/mol. The number of Topliss-reactive ketones (excluding diaryl/α,β-unsaturated/α-hetero) is 1. The second-order valence-electron chi connectivity index (χ2n) is 3.81. The molecule has 4 heteroatoms. The fourth-order valence-electron chi connectivity index (χ4n) is 1.37. The number of ketones is 1. The Hall–Kier alpha value is -1.58. The Balaban J connectivity index is 2.95. The summed E-state index contributed by atoms with van der Waals surface area (Å²) in [5.74, 6) is -0.308. The number of nitrogens with zero attached hydrogens (tertiary/aromatic N) is 1. The molecule has 0 aromatic carbocycles. The topological polar surface area (TPSA) is 63.4 Å². The zero-order chi connectivity index (χ0) is 11.6. The van der Waals surface area contributed by atoms with Crippen molar-refractivity contribution in [1.29, 1.82) is 0 Å². The Morgan fingerprint density at radius 2 is 2.07 bits per heavy atom. The number of carbonyl (C=O) groups is 2. The van der Waals surface area contributed by atoms with Crippen molar-refractivity contribution in [2.75, 3.05) is 0 Å². The Kier molecular flexibility index (Phi) is 3.29. The maximum Gasteiger partial charge on any atom is 0.254 e. The number of hydrogen-bond acceptors (Lipinski definition) is 3. The zero-order valence-electron chi connectivity index (χ0n) is 9.28. The van der Waals surface area contributed by atoms with Gasteiger partial charge >= 0.3 is 0 Å². The van der Waals surface area contributed by atoms with Crippen LogP contribution in [0.15, 0.2) is 23.5 Å². The molecule has 0 atom stereocenters. The van der Waals surface area contributed by atoms with Gasteiger partial charge in [0.15, 0.2) is 5.78 Å². The number of amides is 1. The second kappa shape index (κ2) is 4.29. The van der Waals surface area contributed by atoms with E-state index in [2.05, 4.69) is 0 Å². The minimum absolute atomic E-state index is 0.0716. The molecule has 0 bridgehead atoms. The summed E-state index contributed by atoms with van der Waals surface area (Å²) in [5.41, 5.74) is 6.39. The van der Waals surface area contributed by atoms with Crippen LogP contribution in [-0.4, -0.2) is 22.6 Å². The lowest BCUT2D eigenvalue weighted by molar-refractivity contribution is -0.129. The van der Waals surface area contributed by atoms with E-state index in [-0.39, 0.29) is 23.4 Å². The summed E-state index contributed by atoms with van der Waals surface area (Å²) in [6.45, 7) is 5.11. The molecule has 0 heterocycles. The van der Waals surface area contributed by atoms with Gasteiger partial charge in [0.25, 0.3) is 5.91 Å². The molecule has 1 aliphatic rings. The van der Waals surface area contributed by atoms with Crippen LogP contribution in [0.5, 0.6) is 0 Å². The van der Waals surface area contributed by atoms with E-state index in [1.807, 2.05) is 19.9 Å². The predicted octanol–water partition coefficient (Wildman–Crippen LogP) is 0.943. The van der Waals surface area contributed by atoms with E-state index in [9.17, 15) is 9.59 Å². The smallest absolute Gasteiger partial charge is 0.254 e. The molecule has 0 fully saturated rings. The first-order chi connectivity index (χ1) is 6.99. The van der Waals surface area contributed by atoms with Crippen molar-refractivity contribution in [3.63, 3.8) is 0 Å². The minimum Gasteiger partial charge on any atom is -0.403 e. The summed E-state index contributed by atoms with van der Waals surface area (Å²) in [6.07, 6.45) is 3.76.